The van der Waals surface area contributed by atoms with Crippen LogP contribution in [0.3, 0.4) is 0 Å². The summed E-state index contributed by atoms with van der Waals surface area (Å²) in [4.78, 5) is 25.4. The van der Waals surface area contributed by atoms with Gasteiger partial charge in [-0.1, -0.05) is 180 Å². The van der Waals surface area contributed by atoms with Crippen molar-refractivity contribution in [2.45, 2.75) is 256 Å². The summed E-state index contributed by atoms with van der Waals surface area (Å²) in [5.41, 5.74) is 0. The number of hydrogen-bond donors (Lipinski definition) is 4. The predicted molar refractivity (Wildman–Crippen MR) is 229 cm³/mol. The summed E-state index contributed by atoms with van der Waals surface area (Å²) in [6.07, 6.45) is 33.5. The van der Waals surface area contributed by atoms with E-state index in [-0.39, 0.29) is 32.0 Å². The number of carbonyl (C=O) groups is 2. The molecule has 1 aliphatic rings. The summed E-state index contributed by atoms with van der Waals surface area (Å²) in [5, 5.41) is 40.1. The van der Waals surface area contributed by atoms with Gasteiger partial charge in [-0.25, -0.2) is 0 Å². The van der Waals surface area contributed by atoms with Crippen molar-refractivity contribution in [2.24, 2.45) is 0 Å². The highest BCUT2D eigenvalue weighted by molar-refractivity contribution is 5.70. The molecule has 10 heteroatoms. The van der Waals surface area contributed by atoms with Gasteiger partial charge in [-0.2, -0.15) is 0 Å². The van der Waals surface area contributed by atoms with Crippen LogP contribution in [0.15, 0.2) is 12.2 Å². The lowest BCUT2D eigenvalue weighted by Gasteiger charge is -2.39. The molecule has 0 radical (unpaired) electrons. The molecule has 2 unspecified atom stereocenters. The number of allylic oxidation sites excluding steroid dienone is 2. The minimum absolute atomic E-state index is 0.213. The summed E-state index contributed by atoms with van der Waals surface area (Å²) in [7, 11) is 0. The van der Waals surface area contributed by atoms with Gasteiger partial charge in [-0.15, -0.1) is 0 Å². The molecule has 0 aliphatic carbocycles. The van der Waals surface area contributed by atoms with Gasteiger partial charge in [0.2, 0.25) is 0 Å². The predicted octanol–water partition coefficient (Wildman–Crippen LogP) is 10.3. The van der Waals surface area contributed by atoms with Crippen molar-refractivity contribution in [3.8, 4) is 0 Å². The van der Waals surface area contributed by atoms with Crippen molar-refractivity contribution in [3.05, 3.63) is 12.2 Å². The fraction of sp³-hybridized carbons (Fsp3) is 0.915. The molecule has 6 atom stereocenters. The van der Waals surface area contributed by atoms with Gasteiger partial charge in [0, 0.05) is 12.8 Å². The van der Waals surface area contributed by atoms with E-state index in [1.807, 2.05) is 0 Å². The van der Waals surface area contributed by atoms with Crippen molar-refractivity contribution in [1.82, 2.24) is 0 Å². The molecule has 1 aliphatic heterocycles. The SMILES string of the molecule is CCCCCC/C=C/CCCCCCCCCCCC(=O)OC[C@@H](CO[C@H]1O[C@@H](CO)[C@@H](O)C(O)C1O)OC(=O)CCCCCCCCCCCCCCCCC. The normalized spacial score (nSPS) is 20.3. The quantitative estimate of drug-likeness (QED) is 0.0267. The van der Waals surface area contributed by atoms with Crippen LogP contribution in [0, 0.1) is 0 Å². The Morgan fingerprint density at radius 1 is 0.526 bits per heavy atom. The zero-order valence-corrected chi connectivity index (χ0v) is 36.6. The molecular formula is C47H88O10. The number of esters is 2. The van der Waals surface area contributed by atoms with E-state index >= 15 is 0 Å². The first kappa shape index (κ1) is 53.5. The van der Waals surface area contributed by atoms with E-state index < -0.39 is 49.4 Å². The highest BCUT2D eigenvalue weighted by Crippen LogP contribution is 2.23. The maximum Gasteiger partial charge on any atom is 0.306 e. The lowest BCUT2D eigenvalue weighted by Crippen LogP contribution is -2.59. The molecular weight excluding hydrogens is 725 g/mol. The second-order valence-electron chi connectivity index (χ2n) is 16.6. The number of carbonyl (C=O) groups excluding carboxylic acids is 2. The molecule has 0 saturated carbocycles. The Balaban J connectivity index is 2.29. The van der Waals surface area contributed by atoms with Crippen LogP contribution < -0.4 is 0 Å². The van der Waals surface area contributed by atoms with E-state index in [0.29, 0.717) is 6.42 Å². The third-order valence-corrected chi connectivity index (χ3v) is 11.2. The van der Waals surface area contributed by atoms with Gasteiger partial charge >= 0.3 is 11.9 Å². The van der Waals surface area contributed by atoms with E-state index in [1.165, 1.54) is 148 Å². The van der Waals surface area contributed by atoms with Crippen molar-refractivity contribution in [2.75, 3.05) is 19.8 Å². The van der Waals surface area contributed by atoms with Crippen LogP contribution >= 0.6 is 0 Å². The fourth-order valence-corrected chi connectivity index (χ4v) is 7.36. The average Bonchev–Trinajstić information content (AvgIpc) is 3.21. The van der Waals surface area contributed by atoms with Crippen LogP contribution in [0.1, 0.15) is 219 Å². The van der Waals surface area contributed by atoms with E-state index in [0.717, 1.165) is 38.5 Å². The lowest BCUT2D eigenvalue weighted by molar-refractivity contribution is -0.305. The van der Waals surface area contributed by atoms with Crippen molar-refractivity contribution in [3.63, 3.8) is 0 Å². The summed E-state index contributed by atoms with van der Waals surface area (Å²) < 4.78 is 22.2. The second-order valence-corrected chi connectivity index (χ2v) is 16.6. The van der Waals surface area contributed by atoms with Crippen LogP contribution in [0.4, 0.5) is 0 Å². The van der Waals surface area contributed by atoms with E-state index in [1.54, 1.807) is 0 Å². The Kier molecular flexibility index (Phi) is 36.2. The van der Waals surface area contributed by atoms with Crippen LogP contribution in [-0.2, 0) is 28.5 Å². The molecule has 0 bridgehead atoms. The van der Waals surface area contributed by atoms with Gasteiger partial charge in [-0.05, 0) is 38.5 Å². The topological polar surface area (TPSA) is 152 Å². The molecule has 57 heavy (non-hydrogen) atoms. The van der Waals surface area contributed by atoms with Crippen LogP contribution in [0.2, 0.25) is 0 Å². The van der Waals surface area contributed by atoms with Gasteiger partial charge in [0.25, 0.3) is 0 Å². The molecule has 1 heterocycles. The van der Waals surface area contributed by atoms with Gasteiger partial charge in [0.05, 0.1) is 13.2 Å². The monoisotopic (exact) mass is 813 g/mol. The minimum atomic E-state index is -1.59. The highest BCUT2D eigenvalue weighted by atomic mass is 16.7. The minimum Gasteiger partial charge on any atom is -0.462 e. The lowest BCUT2D eigenvalue weighted by atomic mass is 9.99. The van der Waals surface area contributed by atoms with Crippen LogP contribution in [0.25, 0.3) is 0 Å². The molecule has 0 aromatic rings. The Morgan fingerprint density at radius 2 is 0.930 bits per heavy atom. The third-order valence-electron chi connectivity index (χ3n) is 11.2. The largest absolute Gasteiger partial charge is 0.462 e. The number of aliphatic hydroxyl groups excluding tert-OH is 4. The average molecular weight is 813 g/mol. The molecule has 1 saturated heterocycles. The van der Waals surface area contributed by atoms with Crippen molar-refractivity contribution < 1.29 is 49.0 Å². The summed E-state index contributed by atoms with van der Waals surface area (Å²) in [6.45, 7) is 3.44. The van der Waals surface area contributed by atoms with Crippen LogP contribution in [0.5, 0.6) is 0 Å². The molecule has 336 valence electrons. The summed E-state index contributed by atoms with van der Waals surface area (Å²) in [6, 6.07) is 0. The van der Waals surface area contributed by atoms with E-state index in [2.05, 4.69) is 26.0 Å². The number of ether oxygens (including phenoxy) is 4. The Morgan fingerprint density at radius 3 is 1.39 bits per heavy atom. The number of aliphatic hydroxyl groups is 4. The van der Waals surface area contributed by atoms with Crippen LogP contribution in [-0.4, -0.2) is 89.0 Å². The number of unbranched alkanes of at least 4 members (excludes halogenated alkanes) is 27. The number of hydrogen-bond acceptors (Lipinski definition) is 10. The molecule has 0 aromatic heterocycles. The summed E-state index contributed by atoms with van der Waals surface area (Å²) in [5.74, 6) is -0.797. The zero-order valence-electron chi connectivity index (χ0n) is 36.6. The fourth-order valence-electron chi connectivity index (χ4n) is 7.36. The zero-order chi connectivity index (χ0) is 41.6. The molecule has 4 N–H and O–H groups in total. The molecule has 1 rings (SSSR count). The van der Waals surface area contributed by atoms with Gasteiger partial charge in [0.1, 0.15) is 31.0 Å². The molecule has 0 spiro atoms. The van der Waals surface area contributed by atoms with Gasteiger partial charge < -0.3 is 39.4 Å². The van der Waals surface area contributed by atoms with Gasteiger partial charge in [0.15, 0.2) is 12.4 Å². The van der Waals surface area contributed by atoms with Crippen molar-refractivity contribution >= 4 is 11.9 Å². The first-order valence-corrected chi connectivity index (χ1v) is 23.8. The standard InChI is InChI=1S/C47H88O10/c1-3-5-7-9-11-13-15-17-19-20-22-23-25-27-29-31-33-35-42(49)54-38-40(39-55-47-46(53)45(52)44(51)41(37-48)57-47)56-43(50)36-34-32-30-28-26-24-21-18-16-14-12-10-8-6-4-2/h13,15,40-41,44-48,51-53H,3-12,14,16-39H2,1-2H3/b15-13+/t40-,41-,44+,45?,46?,47-/m0/s1. The smallest absolute Gasteiger partial charge is 0.306 e. The maximum absolute atomic E-state index is 12.8. The Labute approximate surface area is 348 Å². The molecule has 0 amide bonds. The van der Waals surface area contributed by atoms with Crippen molar-refractivity contribution in [1.29, 1.82) is 0 Å². The summed E-state index contributed by atoms with van der Waals surface area (Å²) >= 11 is 0. The van der Waals surface area contributed by atoms with E-state index in [4.69, 9.17) is 18.9 Å². The molecule has 1 fully saturated rings. The molecule has 0 aromatic carbocycles. The van der Waals surface area contributed by atoms with Gasteiger partial charge in [-0.3, -0.25) is 9.59 Å². The second kappa shape index (κ2) is 38.6. The first-order valence-electron chi connectivity index (χ1n) is 23.8. The Bertz CT molecular complexity index is 943. The van der Waals surface area contributed by atoms with E-state index in [9.17, 15) is 30.0 Å². The molecule has 10 nitrogen and oxygen atoms in total. The highest BCUT2D eigenvalue weighted by Gasteiger charge is 2.44. The Hall–Kier alpha value is -1.56. The third kappa shape index (κ3) is 30.2. The number of rotatable bonds is 40. The maximum atomic E-state index is 12.8. The first-order chi connectivity index (χ1) is 27.8.